The molecule has 2 rings (SSSR count). The summed E-state index contributed by atoms with van der Waals surface area (Å²) in [5, 5.41) is 4.04. The predicted molar refractivity (Wildman–Crippen MR) is 80.8 cm³/mol. The standard InChI is InChI=1S/C15H17ClN2O/c1-2-19-14-5-3-4-13(15(14)17)18-10-11-6-8-12(16)9-7-11/h3-9,18H,2,10,17H2,1H3. The summed E-state index contributed by atoms with van der Waals surface area (Å²) in [6.45, 7) is 3.23. The topological polar surface area (TPSA) is 47.3 Å². The van der Waals surface area contributed by atoms with Gasteiger partial charge >= 0.3 is 0 Å². The van der Waals surface area contributed by atoms with Crippen molar-refractivity contribution in [1.82, 2.24) is 0 Å². The number of nitrogens with two attached hydrogens (primary N) is 1. The number of ether oxygens (including phenoxy) is 1. The molecule has 3 nitrogen and oxygen atoms in total. The van der Waals surface area contributed by atoms with Crippen LogP contribution in [0.5, 0.6) is 5.75 Å². The third-order valence-corrected chi connectivity index (χ3v) is 3.01. The molecule has 0 aliphatic carbocycles. The van der Waals surface area contributed by atoms with E-state index in [0.29, 0.717) is 24.6 Å². The maximum Gasteiger partial charge on any atom is 0.144 e. The molecule has 0 aliphatic heterocycles. The van der Waals surface area contributed by atoms with Crippen molar-refractivity contribution in [2.24, 2.45) is 0 Å². The summed E-state index contributed by atoms with van der Waals surface area (Å²) in [7, 11) is 0. The molecule has 0 bridgehead atoms. The van der Waals surface area contributed by atoms with Crippen molar-refractivity contribution in [2.45, 2.75) is 13.5 Å². The lowest BCUT2D eigenvalue weighted by molar-refractivity contribution is 0.342. The van der Waals surface area contributed by atoms with Crippen LogP contribution in [0.3, 0.4) is 0 Å². The Balaban J connectivity index is 2.07. The van der Waals surface area contributed by atoms with Gasteiger partial charge in [0, 0.05) is 11.6 Å². The Morgan fingerprint density at radius 2 is 1.89 bits per heavy atom. The first-order valence-corrected chi connectivity index (χ1v) is 6.58. The highest BCUT2D eigenvalue weighted by atomic mass is 35.5. The zero-order valence-corrected chi connectivity index (χ0v) is 11.6. The van der Waals surface area contributed by atoms with Crippen LogP contribution in [0.2, 0.25) is 5.02 Å². The zero-order valence-electron chi connectivity index (χ0n) is 10.8. The van der Waals surface area contributed by atoms with Crippen molar-refractivity contribution in [2.75, 3.05) is 17.7 Å². The molecule has 0 unspecified atom stereocenters. The monoisotopic (exact) mass is 276 g/mol. The van der Waals surface area contributed by atoms with E-state index in [-0.39, 0.29) is 0 Å². The van der Waals surface area contributed by atoms with E-state index >= 15 is 0 Å². The van der Waals surface area contributed by atoms with Crippen molar-refractivity contribution in [3.8, 4) is 5.75 Å². The number of para-hydroxylation sites is 1. The largest absolute Gasteiger partial charge is 0.492 e. The number of benzene rings is 2. The first kappa shape index (κ1) is 13.6. The van der Waals surface area contributed by atoms with Crippen LogP contribution in [0.1, 0.15) is 12.5 Å². The van der Waals surface area contributed by atoms with E-state index in [1.54, 1.807) is 0 Å². The Morgan fingerprint density at radius 1 is 1.16 bits per heavy atom. The highest BCUT2D eigenvalue weighted by molar-refractivity contribution is 6.30. The number of nitrogen functional groups attached to an aromatic ring is 1. The molecule has 4 heteroatoms. The molecule has 19 heavy (non-hydrogen) atoms. The first-order valence-electron chi connectivity index (χ1n) is 6.20. The number of nitrogens with one attached hydrogen (secondary N) is 1. The molecule has 2 aromatic carbocycles. The molecule has 0 radical (unpaired) electrons. The number of halogens is 1. The minimum atomic E-state index is 0.602. The fourth-order valence-electron chi connectivity index (χ4n) is 1.78. The second kappa shape index (κ2) is 6.34. The Labute approximate surface area is 118 Å². The van der Waals surface area contributed by atoms with E-state index < -0.39 is 0 Å². The van der Waals surface area contributed by atoms with Crippen molar-refractivity contribution in [1.29, 1.82) is 0 Å². The molecule has 3 N–H and O–H groups in total. The van der Waals surface area contributed by atoms with Crippen molar-refractivity contribution in [3.63, 3.8) is 0 Å². The fraction of sp³-hybridized carbons (Fsp3) is 0.200. The van der Waals surface area contributed by atoms with Crippen LogP contribution in [0.4, 0.5) is 11.4 Å². The molecule has 0 aliphatic rings. The molecule has 0 atom stereocenters. The summed E-state index contributed by atoms with van der Waals surface area (Å²) in [6, 6.07) is 13.4. The molecule has 2 aromatic rings. The Morgan fingerprint density at radius 3 is 2.58 bits per heavy atom. The van der Waals surface area contributed by atoms with E-state index in [0.717, 1.165) is 16.3 Å². The van der Waals surface area contributed by atoms with Crippen LogP contribution in [0.25, 0.3) is 0 Å². The Kier molecular flexibility index (Phi) is 4.53. The molecule has 0 amide bonds. The van der Waals surface area contributed by atoms with Crippen LogP contribution in [-0.2, 0) is 6.54 Å². The second-order valence-corrected chi connectivity index (χ2v) is 4.57. The van der Waals surface area contributed by atoms with Crippen molar-refractivity contribution in [3.05, 3.63) is 53.1 Å². The van der Waals surface area contributed by atoms with Crippen molar-refractivity contribution < 1.29 is 4.74 Å². The Bertz CT molecular complexity index is 540. The summed E-state index contributed by atoms with van der Waals surface area (Å²) < 4.78 is 5.46. The van der Waals surface area contributed by atoms with Crippen LogP contribution < -0.4 is 15.8 Å². The summed E-state index contributed by atoms with van der Waals surface area (Å²) in [5.41, 5.74) is 8.71. The maximum atomic E-state index is 6.05. The highest BCUT2D eigenvalue weighted by Crippen LogP contribution is 2.29. The van der Waals surface area contributed by atoms with Gasteiger partial charge in [-0.1, -0.05) is 29.8 Å². The van der Waals surface area contributed by atoms with E-state index in [1.165, 1.54) is 0 Å². The van der Waals surface area contributed by atoms with Gasteiger partial charge in [0.1, 0.15) is 5.75 Å². The fourth-order valence-corrected chi connectivity index (χ4v) is 1.91. The van der Waals surface area contributed by atoms with Gasteiger partial charge in [0.2, 0.25) is 0 Å². The minimum absolute atomic E-state index is 0.602. The molecular weight excluding hydrogens is 260 g/mol. The van der Waals surface area contributed by atoms with E-state index in [2.05, 4.69) is 5.32 Å². The van der Waals surface area contributed by atoms with E-state index in [9.17, 15) is 0 Å². The number of anilines is 2. The normalized spacial score (nSPS) is 10.2. The van der Waals surface area contributed by atoms with Gasteiger partial charge < -0.3 is 15.8 Å². The molecular formula is C15H17ClN2O. The number of hydrogen-bond donors (Lipinski definition) is 2. The SMILES string of the molecule is CCOc1cccc(NCc2ccc(Cl)cc2)c1N. The van der Waals surface area contributed by atoms with Gasteiger partial charge in [0.15, 0.2) is 0 Å². The minimum Gasteiger partial charge on any atom is -0.492 e. The average Bonchev–Trinajstić information content (AvgIpc) is 2.42. The third-order valence-electron chi connectivity index (χ3n) is 2.76. The van der Waals surface area contributed by atoms with Gasteiger partial charge in [-0.25, -0.2) is 0 Å². The predicted octanol–water partition coefficient (Wildman–Crippen LogP) is 3.93. The summed E-state index contributed by atoms with van der Waals surface area (Å²) in [5.74, 6) is 0.712. The first-order chi connectivity index (χ1) is 9.20. The quantitative estimate of drug-likeness (QED) is 0.814. The van der Waals surface area contributed by atoms with Gasteiger partial charge in [-0.2, -0.15) is 0 Å². The van der Waals surface area contributed by atoms with Gasteiger partial charge in [-0.15, -0.1) is 0 Å². The summed E-state index contributed by atoms with van der Waals surface area (Å²) in [4.78, 5) is 0. The van der Waals surface area contributed by atoms with Gasteiger partial charge in [0.05, 0.1) is 18.0 Å². The molecule has 100 valence electrons. The van der Waals surface area contributed by atoms with Gasteiger partial charge in [0.25, 0.3) is 0 Å². The summed E-state index contributed by atoms with van der Waals surface area (Å²) in [6.07, 6.45) is 0. The lowest BCUT2D eigenvalue weighted by atomic mass is 10.2. The number of rotatable bonds is 5. The molecule has 0 aromatic heterocycles. The second-order valence-electron chi connectivity index (χ2n) is 4.13. The molecule has 0 spiro atoms. The third kappa shape index (κ3) is 3.55. The molecule has 0 saturated heterocycles. The Hall–Kier alpha value is -1.87. The van der Waals surface area contributed by atoms with E-state index in [4.69, 9.17) is 22.1 Å². The van der Waals surface area contributed by atoms with Gasteiger partial charge in [-0.3, -0.25) is 0 Å². The molecule has 0 fully saturated rings. The molecule has 0 heterocycles. The average molecular weight is 277 g/mol. The van der Waals surface area contributed by atoms with Crippen LogP contribution in [0.15, 0.2) is 42.5 Å². The number of hydrogen-bond acceptors (Lipinski definition) is 3. The lowest BCUT2D eigenvalue weighted by Gasteiger charge is -2.13. The lowest BCUT2D eigenvalue weighted by Crippen LogP contribution is -2.04. The summed E-state index contributed by atoms with van der Waals surface area (Å²) >= 11 is 5.85. The van der Waals surface area contributed by atoms with Crippen molar-refractivity contribution >= 4 is 23.0 Å². The highest BCUT2D eigenvalue weighted by Gasteiger charge is 2.05. The smallest absolute Gasteiger partial charge is 0.144 e. The molecule has 0 saturated carbocycles. The van der Waals surface area contributed by atoms with Crippen LogP contribution in [0, 0.1) is 0 Å². The van der Waals surface area contributed by atoms with E-state index in [1.807, 2.05) is 49.4 Å². The van der Waals surface area contributed by atoms with Crippen LogP contribution >= 0.6 is 11.6 Å². The zero-order chi connectivity index (χ0) is 13.7. The maximum absolute atomic E-state index is 6.05. The van der Waals surface area contributed by atoms with Gasteiger partial charge in [-0.05, 0) is 36.8 Å². The van der Waals surface area contributed by atoms with Crippen LogP contribution in [-0.4, -0.2) is 6.61 Å².